The molecule has 7 nitrogen and oxygen atoms in total. The Bertz CT molecular complexity index is 1490. The molecule has 3 aromatic rings. The number of benzene rings is 2. The quantitative estimate of drug-likeness (QED) is 0.506. The number of hydrogen-bond donors (Lipinski definition) is 0. The van der Waals surface area contributed by atoms with Gasteiger partial charge in [-0.25, -0.2) is 4.98 Å². The number of amides is 1. The number of ether oxygens (including phenoxy) is 1. The van der Waals surface area contributed by atoms with Crippen molar-refractivity contribution in [2.24, 2.45) is 17.8 Å². The fraction of sp³-hybridized carbons (Fsp3) is 0.233. The van der Waals surface area contributed by atoms with E-state index in [1.807, 2.05) is 12.1 Å². The molecule has 0 radical (unpaired) electrons. The van der Waals surface area contributed by atoms with Crippen molar-refractivity contribution in [3.8, 4) is 6.07 Å². The third-order valence-corrected chi connectivity index (χ3v) is 8.04. The molecule has 182 valence electrons. The Morgan fingerprint density at radius 2 is 1.84 bits per heavy atom. The SMILES string of the molecule is COCN1C(=O)[C@@]2(c3cccnc31)[C@H](c1ccc(C#N)cc1)[C@H]1C(=O)C=C[C@H]1[C@@H]2C(=O)c1ccccc1. The van der Waals surface area contributed by atoms with Crippen molar-refractivity contribution in [3.63, 3.8) is 0 Å². The van der Waals surface area contributed by atoms with Gasteiger partial charge in [-0.15, -0.1) is 0 Å². The van der Waals surface area contributed by atoms with E-state index in [1.165, 1.54) is 12.0 Å². The number of hydrogen-bond acceptors (Lipinski definition) is 6. The first-order valence-electron chi connectivity index (χ1n) is 12.1. The van der Waals surface area contributed by atoms with Crippen molar-refractivity contribution in [1.29, 1.82) is 5.26 Å². The fourth-order valence-corrected chi connectivity index (χ4v) is 6.73. The molecule has 3 aliphatic rings. The van der Waals surface area contributed by atoms with Crippen LogP contribution in [0.2, 0.25) is 0 Å². The number of carbonyl (C=O) groups is 3. The molecule has 1 fully saturated rings. The first-order valence-corrected chi connectivity index (χ1v) is 12.1. The Morgan fingerprint density at radius 1 is 1.08 bits per heavy atom. The highest BCUT2D eigenvalue weighted by molar-refractivity contribution is 6.15. The topological polar surface area (TPSA) is 100 Å². The zero-order chi connectivity index (χ0) is 25.7. The first kappa shape index (κ1) is 23.0. The molecule has 1 saturated carbocycles. The van der Waals surface area contributed by atoms with Crippen molar-refractivity contribution in [2.75, 3.05) is 18.7 Å². The Hall–Kier alpha value is -4.41. The van der Waals surface area contributed by atoms with Gasteiger partial charge in [-0.2, -0.15) is 5.26 Å². The van der Waals surface area contributed by atoms with Crippen molar-refractivity contribution >= 4 is 23.3 Å². The third-order valence-electron chi connectivity index (χ3n) is 8.04. The molecular weight excluding hydrogens is 466 g/mol. The number of anilines is 1. The molecule has 0 bridgehead atoms. The molecule has 2 aromatic carbocycles. The van der Waals surface area contributed by atoms with Gasteiger partial charge in [0.2, 0.25) is 5.91 Å². The monoisotopic (exact) mass is 489 g/mol. The molecule has 2 aliphatic carbocycles. The summed E-state index contributed by atoms with van der Waals surface area (Å²) >= 11 is 0. The summed E-state index contributed by atoms with van der Waals surface area (Å²) in [6, 6.07) is 21.6. The van der Waals surface area contributed by atoms with Gasteiger partial charge in [0.1, 0.15) is 12.5 Å². The number of rotatable bonds is 5. The predicted octanol–water partition coefficient (Wildman–Crippen LogP) is 3.81. The molecule has 7 heteroatoms. The van der Waals surface area contributed by atoms with E-state index in [4.69, 9.17) is 4.74 Å². The molecule has 0 saturated heterocycles. The summed E-state index contributed by atoms with van der Waals surface area (Å²) in [6.45, 7) is -0.0317. The standard InChI is InChI=1S/C30H23N3O4/c1-37-17-33-28-22(8-5-15-32-28)30(29(33)36)25(19-11-9-18(16-31)10-12-19)24-21(13-14-23(24)34)26(30)27(35)20-6-3-2-4-7-20/h2-15,21,24-26H,17H2,1H3/t21-,24-,25-,26-,30+/m1/s1. The van der Waals surface area contributed by atoms with E-state index < -0.39 is 29.1 Å². The molecule has 37 heavy (non-hydrogen) atoms. The third kappa shape index (κ3) is 3.09. The largest absolute Gasteiger partial charge is 0.364 e. The van der Waals surface area contributed by atoms with Crippen LogP contribution in [0.1, 0.15) is 33.0 Å². The van der Waals surface area contributed by atoms with Gasteiger partial charge in [0.15, 0.2) is 11.6 Å². The van der Waals surface area contributed by atoms with Crippen LogP contribution in [0.3, 0.4) is 0 Å². The van der Waals surface area contributed by atoms with Crippen LogP contribution in [0, 0.1) is 29.1 Å². The number of allylic oxidation sites excluding steroid dienone is 2. The minimum Gasteiger partial charge on any atom is -0.364 e. The summed E-state index contributed by atoms with van der Waals surface area (Å²) in [5, 5.41) is 9.36. The maximum atomic E-state index is 14.6. The second-order valence-corrected chi connectivity index (χ2v) is 9.68. The normalized spacial score (nSPS) is 27.4. The van der Waals surface area contributed by atoms with E-state index in [1.54, 1.807) is 72.9 Å². The number of methoxy groups -OCH3 is 1. The van der Waals surface area contributed by atoms with Crippen LogP contribution in [0.4, 0.5) is 5.82 Å². The molecule has 1 spiro atoms. The number of nitriles is 1. The zero-order valence-electron chi connectivity index (χ0n) is 20.1. The highest BCUT2D eigenvalue weighted by Crippen LogP contribution is 2.66. The molecule has 0 N–H and O–H groups in total. The molecule has 1 aliphatic heterocycles. The van der Waals surface area contributed by atoms with E-state index in [0.717, 1.165) is 5.56 Å². The second kappa shape index (κ2) is 8.61. The Labute approximate surface area is 214 Å². The molecule has 1 amide bonds. The van der Waals surface area contributed by atoms with E-state index in [9.17, 15) is 19.6 Å². The van der Waals surface area contributed by atoms with Gasteiger partial charge in [-0.3, -0.25) is 19.3 Å². The molecule has 2 heterocycles. The number of aromatic nitrogens is 1. The Balaban J connectivity index is 1.67. The number of Topliss-reactive ketones (excluding diaryl/α,β-unsaturated/α-hetero) is 1. The van der Waals surface area contributed by atoms with Crippen molar-refractivity contribution in [2.45, 2.75) is 11.3 Å². The number of ketones is 2. The van der Waals surface area contributed by atoms with E-state index in [0.29, 0.717) is 22.5 Å². The summed E-state index contributed by atoms with van der Waals surface area (Å²) < 4.78 is 5.39. The van der Waals surface area contributed by atoms with Gasteiger partial charge < -0.3 is 4.74 Å². The van der Waals surface area contributed by atoms with Gasteiger partial charge in [-0.1, -0.05) is 54.6 Å². The predicted molar refractivity (Wildman–Crippen MR) is 135 cm³/mol. The van der Waals surface area contributed by atoms with Gasteiger partial charge >= 0.3 is 0 Å². The second-order valence-electron chi connectivity index (χ2n) is 9.68. The lowest BCUT2D eigenvalue weighted by atomic mass is 9.62. The molecular formula is C30H23N3O4. The molecule has 6 rings (SSSR count). The Kier molecular flexibility index (Phi) is 5.36. The van der Waals surface area contributed by atoms with Crippen molar-refractivity contribution < 1.29 is 19.1 Å². The summed E-state index contributed by atoms with van der Waals surface area (Å²) in [4.78, 5) is 48.4. The summed E-state index contributed by atoms with van der Waals surface area (Å²) in [6.07, 6.45) is 4.95. The minimum absolute atomic E-state index is 0.0317. The van der Waals surface area contributed by atoms with Crippen LogP contribution < -0.4 is 4.90 Å². The van der Waals surface area contributed by atoms with Crippen molar-refractivity contribution in [1.82, 2.24) is 4.98 Å². The summed E-state index contributed by atoms with van der Waals surface area (Å²) in [5.41, 5.74) is 0.940. The minimum atomic E-state index is -1.38. The summed E-state index contributed by atoms with van der Waals surface area (Å²) in [7, 11) is 1.50. The van der Waals surface area contributed by atoms with Crippen molar-refractivity contribution in [3.05, 3.63) is 107 Å². The number of pyridine rings is 1. The van der Waals surface area contributed by atoms with Crippen LogP contribution in [-0.4, -0.2) is 36.3 Å². The van der Waals surface area contributed by atoms with Crippen LogP contribution in [0.5, 0.6) is 0 Å². The lowest BCUT2D eigenvalue weighted by molar-refractivity contribution is -0.126. The Morgan fingerprint density at radius 3 is 2.54 bits per heavy atom. The zero-order valence-corrected chi connectivity index (χ0v) is 20.1. The van der Waals surface area contributed by atoms with Crippen LogP contribution >= 0.6 is 0 Å². The highest BCUT2D eigenvalue weighted by Gasteiger charge is 2.72. The van der Waals surface area contributed by atoms with E-state index >= 15 is 0 Å². The highest BCUT2D eigenvalue weighted by atomic mass is 16.5. The van der Waals surface area contributed by atoms with Gasteiger partial charge in [0.05, 0.1) is 17.0 Å². The van der Waals surface area contributed by atoms with Gasteiger partial charge in [-0.05, 0) is 35.8 Å². The summed E-state index contributed by atoms with van der Waals surface area (Å²) in [5.74, 6) is -2.70. The number of carbonyl (C=O) groups excluding carboxylic acids is 3. The van der Waals surface area contributed by atoms with E-state index in [2.05, 4.69) is 11.1 Å². The van der Waals surface area contributed by atoms with Gasteiger partial charge in [0, 0.05) is 42.2 Å². The lowest BCUT2D eigenvalue weighted by Crippen LogP contribution is -2.50. The number of fused-ring (bicyclic) bond motifs is 3. The average Bonchev–Trinajstić information content (AvgIpc) is 3.54. The van der Waals surface area contributed by atoms with E-state index in [-0.39, 0.29) is 24.2 Å². The number of nitrogens with zero attached hydrogens (tertiary/aromatic N) is 3. The first-order chi connectivity index (χ1) is 18.0. The average molecular weight is 490 g/mol. The van der Waals surface area contributed by atoms with Crippen LogP contribution in [0.25, 0.3) is 0 Å². The van der Waals surface area contributed by atoms with Crippen LogP contribution in [-0.2, 0) is 19.7 Å². The smallest absolute Gasteiger partial charge is 0.242 e. The lowest BCUT2D eigenvalue weighted by Gasteiger charge is -2.37. The van der Waals surface area contributed by atoms with Gasteiger partial charge in [0.25, 0.3) is 0 Å². The van der Waals surface area contributed by atoms with Crippen LogP contribution in [0.15, 0.2) is 85.1 Å². The maximum Gasteiger partial charge on any atom is 0.242 e. The molecule has 1 aromatic heterocycles. The molecule has 5 atom stereocenters. The fourth-order valence-electron chi connectivity index (χ4n) is 6.73. The molecule has 0 unspecified atom stereocenters. The maximum absolute atomic E-state index is 14.6.